The normalized spacial score (nSPS) is 14.3. The third-order valence-electron chi connectivity index (χ3n) is 3.75. The predicted octanol–water partition coefficient (Wildman–Crippen LogP) is 3.86. The van der Waals surface area contributed by atoms with Crippen LogP contribution in [0.5, 0.6) is 0 Å². The highest BCUT2D eigenvalue weighted by Gasteiger charge is 2.32. The summed E-state index contributed by atoms with van der Waals surface area (Å²) in [7, 11) is 0. The van der Waals surface area contributed by atoms with E-state index in [1.165, 1.54) is 31.9 Å². The van der Waals surface area contributed by atoms with Crippen molar-refractivity contribution in [3.8, 4) is 0 Å². The highest BCUT2D eigenvalue weighted by Crippen LogP contribution is 2.25. The Labute approximate surface area is 136 Å². The molecule has 1 N–H and O–H groups in total. The predicted molar refractivity (Wildman–Crippen MR) is 87.2 cm³/mol. The van der Waals surface area contributed by atoms with Gasteiger partial charge in [0.15, 0.2) is 0 Å². The Kier molecular flexibility index (Phi) is 6.13. The van der Waals surface area contributed by atoms with Gasteiger partial charge in [-0.25, -0.2) is 0 Å². The van der Waals surface area contributed by atoms with Gasteiger partial charge in [0.2, 0.25) is 11.6 Å². The van der Waals surface area contributed by atoms with Crippen molar-refractivity contribution in [3.63, 3.8) is 0 Å². The molecule has 2 rings (SSSR count). The average molecular weight is 321 g/mol. The fourth-order valence-corrected chi connectivity index (χ4v) is 2.75. The van der Waals surface area contributed by atoms with Gasteiger partial charge in [0.05, 0.1) is 5.56 Å². The first-order valence-corrected chi connectivity index (χ1v) is 8.22. The number of ketones is 2. The maximum atomic E-state index is 12.4. The minimum Gasteiger partial charge on any atom is -0.380 e. The number of fused-ring (bicyclic) bond motifs is 1. The Morgan fingerprint density at radius 2 is 1.82 bits per heavy atom. The van der Waals surface area contributed by atoms with E-state index in [0.717, 1.165) is 12.8 Å². The number of carbonyl (C=O) groups is 2. The van der Waals surface area contributed by atoms with E-state index in [1.807, 2.05) is 0 Å². The summed E-state index contributed by atoms with van der Waals surface area (Å²) in [5.74, 6) is -0.638. The van der Waals surface area contributed by atoms with E-state index in [4.69, 9.17) is 11.6 Å². The molecule has 0 spiro atoms. The molecule has 0 fully saturated rings. The Bertz CT molecular complexity index is 596. The van der Waals surface area contributed by atoms with Gasteiger partial charge < -0.3 is 5.32 Å². The molecular formula is C17H21ClN2O2. The summed E-state index contributed by atoms with van der Waals surface area (Å²) < 4.78 is 0. The van der Waals surface area contributed by atoms with E-state index >= 15 is 0 Å². The van der Waals surface area contributed by atoms with Crippen LogP contribution < -0.4 is 5.32 Å². The zero-order chi connectivity index (χ0) is 15.9. The molecule has 4 nitrogen and oxygen atoms in total. The highest BCUT2D eigenvalue weighted by molar-refractivity contribution is 6.49. The molecule has 118 valence electrons. The summed E-state index contributed by atoms with van der Waals surface area (Å²) in [6.45, 7) is 2.83. The Morgan fingerprint density at radius 1 is 1.09 bits per heavy atom. The van der Waals surface area contributed by atoms with E-state index in [-0.39, 0.29) is 33.6 Å². The molecule has 0 aliphatic heterocycles. The summed E-state index contributed by atoms with van der Waals surface area (Å²) >= 11 is 6.06. The smallest absolute Gasteiger partial charge is 0.229 e. The van der Waals surface area contributed by atoms with E-state index in [9.17, 15) is 9.59 Å². The molecule has 1 aromatic heterocycles. The van der Waals surface area contributed by atoms with Crippen molar-refractivity contribution in [2.75, 3.05) is 6.54 Å². The fourth-order valence-electron chi connectivity index (χ4n) is 2.50. The third-order valence-corrected chi connectivity index (χ3v) is 4.11. The number of allylic oxidation sites excluding steroid dienone is 2. The molecule has 0 radical (unpaired) electrons. The van der Waals surface area contributed by atoms with Crippen LogP contribution in [-0.4, -0.2) is 23.1 Å². The monoisotopic (exact) mass is 320 g/mol. The van der Waals surface area contributed by atoms with Crippen LogP contribution in [0.15, 0.2) is 29.1 Å². The summed E-state index contributed by atoms with van der Waals surface area (Å²) in [5.41, 5.74) is 0.649. The number of nitrogens with zero attached hydrogens (tertiary/aromatic N) is 1. The van der Waals surface area contributed by atoms with Gasteiger partial charge in [0.25, 0.3) is 0 Å². The van der Waals surface area contributed by atoms with Crippen LogP contribution in [0.3, 0.4) is 0 Å². The first kappa shape index (κ1) is 16.7. The zero-order valence-corrected chi connectivity index (χ0v) is 13.6. The highest BCUT2D eigenvalue weighted by atomic mass is 35.5. The van der Waals surface area contributed by atoms with Gasteiger partial charge in [-0.1, -0.05) is 50.6 Å². The first-order valence-electron chi connectivity index (χ1n) is 7.85. The van der Waals surface area contributed by atoms with Crippen molar-refractivity contribution in [2.45, 2.75) is 45.4 Å². The standard InChI is InChI=1S/C17H21ClN2O2/c1-2-3-4-5-6-7-10-20-15-13(18)16(21)12-9-8-11-19-14(12)17(15)22/h8-9,11,20H,2-7,10H2,1H3. The molecule has 22 heavy (non-hydrogen) atoms. The summed E-state index contributed by atoms with van der Waals surface area (Å²) in [5, 5.41) is 2.99. The minimum atomic E-state index is -0.338. The lowest BCUT2D eigenvalue weighted by Crippen LogP contribution is -2.30. The lowest BCUT2D eigenvalue weighted by molar-refractivity contribution is 0.0970. The molecule has 1 heterocycles. The van der Waals surface area contributed by atoms with E-state index in [1.54, 1.807) is 12.1 Å². The SMILES string of the molecule is CCCCCCCCNC1=C(Cl)C(=O)c2cccnc2C1=O. The van der Waals surface area contributed by atoms with Crippen LogP contribution in [0.4, 0.5) is 0 Å². The van der Waals surface area contributed by atoms with Crippen LogP contribution in [0.1, 0.15) is 66.3 Å². The second-order valence-corrected chi connectivity index (χ2v) is 5.82. The molecule has 0 saturated carbocycles. The van der Waals surface area contributed by atoms with Gasteiger partial charge in [-0.2, -0.15) is 0 Å². The van der Waals surface area contributed by atoms with Crippen molar-refractivity contribution in [1.29, 1.82) is 0 Å². The van der Waals surface area contributed by atoms with Gasteiger partial charge in [-0.05, 0) is 18.6 Å². The fraction of sp³-hybridized carbons (Fsp3) is 0.471. The van der Waals surface area contributed by atoms with Gasteiger partial charge in [0, 0.05) is 12.7 Å². The molecule has 0 atom stereocenters. The van der Waals surface area contributed by atoms with E-state index in [2.05, 4.69) is 17.2 Å². The van der Waals surface area contributed by atoms with Crippen molar-refractivity contribution in [1.82, 2.24) is 10.3 Å². The second kappa shape index (κ2) is 8.08. The van der Waals surface area contributed by atoms with Crippen LogP contribution in [0, 0.1) is 0 Å². The quantitative estimate of drug-likeness (QED) is 0.739. The lowest BCUT2D eigenvalue weighted by atomic mass is 9.97. The summed E-state index contributed by atoms with van der Waals surface area (Å²) in [4.78, 5) is 28.5. The lowest BCUT2D eigenvalue weighted by Gasteiger charge is -2.17. The maximum Gasteiger partial charge on any atom is 0.229 e. The first-order chi connectivity index (χ1) is 10.7. The third kappa shape index (κ3) is 3.74. The number of halogens is 1. The number of carbonyl (C=O) groups excluding carboxylic acids is 2. The molecular weight excluding hydrogens is 300 g/mol. The molecule has 0 saturated heterocycles. The zero-order valence-electron chi connectivity index (χ0n) is 12.8. The molecule has 1 aromatic rings. The average Bonchev–Trinajstić information content (AvgIpc) is 2.54. The number of nitrogens with one attached hydrogen (secondary N) is 1. The van der Waals surface area contributed by atoms with Gasteiger partial charge >= 0.3 is 0 Å². The number of aromatic nitrogens is 1. The summed E-state index contributed by atoms with van der Waals surface area (Å²) in [6.07, 6.45) is 8.50. The number of unbranched alkanes of at least 4 members (excludes halogenated alkanes) is 5. The Morgan fingerprint density at radius 3 is 2.59 bits per heavy atom. The number of rotatable bonds is 8. The van der Waals surface area contributed by atoms with Gasteiger partial charge in [-0.3, -0.25) is 14.6 Å². The number of Topliss-reactive ketones (excluding diaryl/α,β-unsaturated/α-hetero) is 2. The largest absolute Gasteiger partial charge is 0.380 e. The number of hydrogen-bond donors (Lipinski definition) is 1. The van der Waals surface area contributed by atoms with E-state index < -0.39 is 0 Å². The summed E-state index contributed by atoms with van der Waals surface area (Å²) in [6, 6.07) is 3.21. The van der Waals surface area contributed by atoms with E-state index in [0.29, 0.717) is 6.54 Å². The van der Waals surface area contributed by atoms with Gasteiger partial charge in [-0.15, -0.1) is 0 Å². The Balaban J connectivity index is 1.92. The van der Waals surface area contributed by atoms with Crippen LogP contribution in [0.2, 0.25) is 0 Å². The van der Waals surface area contributed by atoms with Gasteiger partial charge in [0.1, 0.15) is 16.4 Å². The molecule has 0 amide bonds. The second-order valence-electron chi connectivity index (χ2n) is 5.44. The van der Waals surface area contributed by atoms with Crippen LogP contribution in [-0.2, 0) is 0 Å². The van der Waals surface area contributed by atoms with Crippen molar-refractivity contribution >= 4 is 23.2 Å². The van der Waals surface area contributed by atoms with Crippen molar-refractivity contribution < 1.29 is 9.59 Å². The van der Waals surface area contributed by atoms with Crippen LogP contribution in [0.25, 0.3) is 0 Å². The molecule has 0 unspecified atom stereocenters. The number of pyridine rings is 1. The molecule has 5 heteroatoms. The molecule has 0 aromatic carbocycles. The minimum absolute atomic E-state index is 0.0310. The number of hydrogen-bond acceptors (Lipinski definition) is 4. The maximum absolute atomic E-state index is 12.4. The topological polar surface area (TPSA) is 59.1 Å². The molecule has 1 aliphatic rings. The Hall–Kier alpha value is -1.68. The van der Waals surface area contributed by atoms with Crippen LogP contribution >= 0.6 is 11.6 Å². The molecule has 1 aliphatic carbocycles. The molecule has 0 bridgehead atoms. The van der Waals surface area contributed by atoms with Crippen molar-refractivity contribution in [2.24, 2.45) is 0 Å². The van der Waals surface area contributed by atoms with Crippen molar-refractivity contribution in [3.05, 3.63) is 40.3 Å².